The fraction of sp³-hybridized carbons (Fsp3) is 0.300. The van der Waals surface area contributed by atoms with Gasteiger partial charge in [0.25, 0.3) is 0 Å². The molecule has 28 heavy (non-hydrogen) atoms. The third-order valence-corrected chi connectivity index (χ3v) is 4.31. The smallest absolute Gasteiger partial charge is 0.319 e. The van der Waals surface area contributed by atoms with Crippen LogP contribution in [0.4, 0.5) is 16.2 Å². The number of anilines is 2. The van der Waals surface area contributed by atoms with Crippen LogP contribution in [0.3, 0.4) is 0 Å². The summed E-state index contributed by atoms with van der Waals surface area (Å²) in [5, 5.41) is 8.73. The quantitative estimate of drug-likeness (QED) is 0.572. The maximum absolute atomic E-state index is 12.2. The van der Waals surface area contributed by atoms with Gasteiger partial charge in [-0.05, 0) is 35.2 Å². The molecule has 0 radical (unpaired) electrons. The Morgan fingerprint density at radius 3 is 2.39 bits per heavy atom. The second-order valence-electron chi connectivity index (χ2n) is 7.32. The van der Waals surface area contributed by atoms with Crippen LogP contribution in [0.2, 0.25) is 5.02 Å². The summed E-state index contributed by atoms with van der Waals surface area (Å²) in [5.74, 6) is -0.246. The molecule has 0 aliphatic carbocycles. The van der Waals surface area contributed by atoms with Crippen molar-refractivity contribution in [2.24, 2.45) is 11.1 Å². The summed E-state index contributed by atoms with van der Waals surface area (Å²) in [5.41, 5.74) is 7.65. The summed E-state index contributed by atoms with van der Waals surface area (Å²) in [4.78, 5) is 24.3. The van der Waals surface area contributed by atoms with Crippen molar-refractivity contribution in [3.63, 3.8) is 0 Å². The average Bonchev–Trinajstić information content (AvgIpc) is 2.61. The first kappa shape index (κ1) is 23.8. The van der Waals surface area contributed by atoms with E-state index in [1.54, 1.807) is 42.5 Å². The second-order valence-corrected chi connectivity index (χ2v) is 7.73. The molecule has 2 aromatic rings. The number of halogens is 2. The molecule has 152 valence electrons. The van der Waals surface area contributed by atoms with Gasteiger partial charge in [-0.25, -0.2) is 4.79 Å². The monoisotopic (exact) mass is 424 g/mol. The van der Waals surface area contributed by atoms with Crippen molar-refractivity contribution < 1.29 is 9.59 Å². The molecule has 0 saturated carbocycles. The zero-order valence-corrected chi connectivity index (χ0v) is 17.7. The molecule has 0 aliphatic heterocycles. The van der Waals surface area contributed by atoms with Gasteiger partial charge in [0.1, 0.15) is 0 Å². The number of carbonyl (C=O) groups is 2. The van der Waals surface area contributed by atoms with E-state index in [0.717, 1.165) is 5.56 Å². The maximum Gasteiger partial charge on any atom is 0.319 e. The van der Waals surface area contributed by atoms with E-state index < -0.39 is 6.04 Å². The number of nitrogens with one attached hydrogen (secondary N) is 3. The molecule has 0 aromatic heterocycles. The largest absolute Gasteiger partial charge is 0.334 e. The number of carbonyl (C=O) groups excluding carboxylic acids is 2. The first-order valence-electron chi connectivity index (χ1n) is 8.61. The Morgan fingerprint density at radius 1 is 1.07 bits per heavy atom. The fourth-order valence-corrected chi connectivity index (χ4v) is 2.47. The summed E-state index contributed by atoms with van der Waals surface area (Å²) < 4.78 is 0. The number of hydrogen-bond acceptors (Lipinski definition) is 3. The number of benzene rings is 2. The zero-order valence-electron chi connectivity index (χ0n) is 16.1. The number of urea groups is 1. The Hall–Kier alpha value is -2.28. The molecule has 0 saturated heterocycles. The van der Waals surface area contributed by atoms with Crippen LogP contribution in [-0.4, -0.2) is 18.0 Å². The van der Waals surface area contributed by atoms with Gasteiger partial charge in [0.15, 0.2) is 0 Å². The van der Waals surface area contributed by atoms with E-state index in [2.05, 4.69) is 16.0 Å². The molecule has 2 aromatic carbocycles. The van der Waals surface area contributed by atoms with E-state index >= 15 is 0 Å². The van der Waals surface area contributed by atoms with Crippen molar-refractivity contribution in [3.05, 3.63) is 59.1 Å². The normalized spacial score (nSPS) is 11.8. The SMILES string of the molecule is CC(C)(C)[C@H](N)C(=O)Nc1cccc(CNC(=O)Nc2ccccc2Cl)c1.Cl. The standard InChI is InChI=1S/C20H25ClN4O2.ClH/c1-20(2,3)17(22)18(26)24-14-8-6-7-13(11-14)12-23-19(27)25-16-10-5-4-9-15(16)21;/h4-11,17H,12,22H2,1-3H3,(H,24,26)(H2,23,25,27);1H/t17-;/m1./s1. The minimum absolute atomic E-state index is 0. The Kier molecular flexibility index (Phi) is 8.75. The van der Waals surface area contributed by atoms with Crippen LogP contribution >= 0.6 is 24.0 Å². The lowest BCUT2D eigenvalue weighted by atomic mass is 9.87. The summed E-state index contributed by atoms with van der Waals surface area (Å²) in [6.07, 6.45) is 0. The van der Waals surface area contributed by atoms with E-state index in [1.165, 1.54) is 0 Å². The topological polar surface area (TPSA) is 96.2 Å². The van der Waals surface area contributed by atoms with Gasteiger partial charge in [0.2, 0.25) is 5.91 Å². The summed E-state index contributed by atoms with van der Waals surface area (Å²) in [6.45, 7) is 6.03. The first-order valence-corrected chi connectivity index (χ1v) is 8.99. The molecule has 0 bridgehead atoms. The molecular weight excluding hydrogens is 399 g/mol. The second kappa shape index (κ2) is 10.3. The Balaban J connectivity index is 0.00000392. The third-order valence-electron chi connectivity index (χ3n) is 3.99. The minimum Gasteiger partial charge on any atom is -0.334 e. The molecule has 0 spiro atoms. The molecule has 0 unspecified atom stereocenters. The van der Waals surface area contributed by atoms with Crippen molar-refractivity contribution in [2.75, 3.05) is 10.6 Å². The molecule has 0 fully saturated rings. The Morgan fingerprint density at radius 2 is 1.75 bits per heavy atom. The highest BCUT2D eigenvalue weighted by molar-refractivity contribution is 6.33. The van der Waals surface area contributed by atoms with Crippen LogP contribution in [0.1, 0.15) is 26.3 Å². The molecule has 5 N–H and O–H groups in total. The maximum atomic E-state index is 12.2. The van der Waals surface area contributed by atoms with E-state index in [1.807, 2.05) is 26.8 Å². The number of rotatable bonds is 5. The molecule has 0 heterocycles. The molecule has 8 heteroatoms. The molecule has 6 nitrogen and oxygen atoms in total. The lowest BCUT2D eigenvalue weighted by Gasteiger charge is -2.25. The average molecular weight is 425 g/mol. The van der Waals surface area contributed by atoms with E-state index in [9.17, 15) is 9.59 Å². The number of para-hydroxylation sites is 1. The lowest BCUT2D eigenvalue weighted by molar-refractivity contribution is -0.119. The van der Waals surface area contributed by atoms with Gasteiger partial charge in [0.05, 0.1) is 16.8 Å². The number of nitrogens with two attached hydrogens (primary N) is 1. The van der Waals surface area contributed by atoms with Gasteiger partial charge in [-0.2, -0.15) is 0 Å². The molecule has 1 atom stereocenters. The van der Waals surface area contributed by atoms with Gasteiger partial charge >= 0.3 is 6.03 Å². The highest BCUT2D eigenvalue weighted by atomic mass is 35.5. The minimum atomic E-state index is -0.624. The van der Waals surface area contributed by atoms with Crippen LogP contribution in [0.5, 0.6) is 0 Å². The predicted octanol–water partition coefficient (Wildman–Crippen LogP) is 4.40. The lowest BCUT2D eigenvalue weighted by Crippen LogP contribution is -2.45. The van der Waals surface area contributed by atoms with E-state index in [0.29, 0.717) is 22.9 Å². The summed E-state index contributed by atoms with van der Waals surface area (Å²) in [6, 6.07) is 13.2. The number of hydrogen-bond donors (Lipinski definition) is 4. The van der Waals surface area contributed by atoms with Crippen LogP contribution in [0.15, 0.2) is 48.5 Å². The Bertz CT molecular complexity index is 822. The third kappa shape index (κ3) is 7.03. The van der Waals surface area contributed by atoms with Gasteiger partial charge < -0.3 is 21.7 Å². The fourth-order valence-electron chi connectivity index (χ4n) is 2.28. The van der Waals surface area contributed by atoms with Crippen LogP contribution < -0.4 is 21.7 Å². The van der Waals surface area contributed by atoms with Gasteiger partial charge in [-0.15, -0.1) is 12.4 Å². The molecule has 3 amide bonds. The van der Waals surface area contributed by atoms with Crippen molar-refractivity contribution in [3.8, 4) is 0 Å². The van der Waals surface area contributed by atoms with Gasteiger partial charge in [-0.3, -0.25) is 4.79 Å². The highest BCUT2D eigenvalue weighted by Gasteiger charge is 2.27. The van der Waals surface area contributed by atoms with Crippen molar-refractivity contribution in [2.45, 2.75) is 33.4 Å². The van der Waals surface area contributed by atoms with Gasteiger partial charge in [-0.1, -0.05) is 56.6 Å². The van der Waals surface area contributed by atoms with Gasteiger partial charge in [0, 0.05) is 12.2 Å². The van der Waals surface area contributed by atoms with Crippen molar-refractivity contribution >= 4 is 47.3 Å². The highest BCUT2D eigenvalue weighted by Crippen LogP contribution is 2.21. The molecule has 2 rings (SSSR count). The predicted molar refractivity (Wildman–Crippen MR) is 117 cm³/mol. The molecular formula is C20H26Cl2N4O2. The van der Waals surface area contributed by atoms with Crippen LogP contribution in [-0.2, 0) is 11.3 Å². The number of amides is 3. The zero-order chi connectivity index (χ0) is 20.0. The van der Waals surface area contributed by atoms with Crippen LogP contribution in [0, 0.1) is 5.41 Å². The van der Waals surface area contributed by atoms with Crippen molar-refractivity contribution in [1.82, 2.24) is 5.32 Å². The Labute approximate surface area is 176 Å². The van der Waals surface area contributed by atoms with E-state index in [4.69, 9.17) is 17.3 Å². The summed E-state index contributed by atoms with van der Waals surface area (Å²) in [7, 11) is 0. The molecule has 0 aliphatic rings. The van der Waals surface area contributed by atoms with Crippen LogP contribution in [0.25, 0.3) is 0 Å². The summed E-state index contributed by atoms with van der Waals surface area (Å²) >= 11 is 6.02. The van der Waals surface area contributed by atoms with Crippen molar-refractivity contribution in [1.29, 1.82) is 0 Å². The first-order chi connectivity index (χ1) is 12.7. The van der Waals surface area contributed by atoms with E-state index in [-0.39, 0.29) is 29.8 Å².